The summed E-state index contributed by atoms with van der Waals surface area (Å²) >= 11 is 0. The van der Waals surface area contributed by atoms with Crippen molar-refractivity contribution >= 4 is 12.3 Å². The molecule has 130 valence electrons. The van der Waals surface area contributed by atoms with Crippen molar-refractivity contribution < 1.29 is 0 Å². The van der Waals surface area contributed by atoms with E-state index in [1.165, 1.54) is 22.3 Å². The molecule has 1 aliphatic heterocycles. The van der Waals surface area contributed by atoms with Crippen molar-refractivity contribution in [2.45, 2.75) is 20.4 Å². The van der Waals surface area contributed by atoms with Crippen LogP contribution in [0.4, 0.5) is 0 Å². The van der Waals surface area contributed by atoms with Crippen molar-refractivity contribution in [3.05, 3.63) is 76.9 Å². The lowest BCUT2D eigenvalue weighted by Gasteiger charge is -2.33. The summed E-state index contributed by atoms with van der Waals surface area (Å²) < 4.78 is 0. The van der Waals surface area contributed by atoms with Gasteiger partial charge in [0.1, 0.15) is 0 Å². The van der Waals surface area contributed by atoms with E-state index in [0.29, 0.717) is 0 Å². The molecular weight excluding hydrogens is 306 g/mol. The molecule has 0 aromatic heterocycles. The molecule has 1 aliphatic rings. The third-order valence-electron chi connectivity index (χ3n) is 4.65. The van der Waals surface area contributed by atoms with Gasteiger partial charge in [-0.3, -0.25) is 9.91 Å². The zero-order valence-electron chi connectivity index (χ0n) is 15.2. The zero-order valence-corrected chi connectivity index (χ0v) is 15.2. The van der Waals surface area contributed by atoms with Crippen molar-refractivity contribution in [2.75, 3.05) is 26.2 Å². The average Bonchev–Trinajstić information content (AvgIpc) is 2.63. The summed E-state index contributed by atoms with van der Waals surface area (Å²) in [4.78, 5) is 2.52. The first-order valence-corrected chi connectivity index (χ1v) is 9.00. The van der Waals surface area contributed by atoms with Crippen LogP contribution in [0.1, 0.15) is 22.3 Å². The van der Waals surface area contributed by atoms with Crippen LogP contribution in [0.15, 0.2) is 59.7 Å². The summed E-state index contributed by atoms with van der Waals surface area (Å²) in [5, 5.41) is 6.72. The molecule has 25 heavy (non-hydrogen) atoms. The number of hydrogen-bond donors (Lipinski definition) is 0. The van der Waals surface area contributed by atoms with Gasteiger partial charge in [0.15, 0.2) is 0 Å². The zero-order chi connectivity index (χ0) is 17.5. The van der Waals surface area contributed by atoms with Gasteiger partial charge >= 0.3 is 0 Å². The molecule has 0 saturated carbocycles. The molecule has 0 amide bonds. The van der Waals surface area contributed by atoms with Gasteiger partial charge in [0, 0.05) is 38.9 Å². The minimum atomic E-state index is 0.987. The first-order chi connectivity index (χ1) is 12.2. The number of allylic oxidation sites excluding steroid dienone is 1. The van der Waals surface area contributed by atoms with E-state index in [2.05, 4.69) is 65.3 Å². The molecule has 0 spiro atoms. The highest BCUT2D eigenvalue weighted by Gasteiger charge is 2.15. The molecule has 0 atom stereocenters. The van der Waals surface area contributed by atoms with Gasteiger partial charge in [-0.05, 0) is 36.6 Å². The number of benzene rings is 2. The summed E-state index contributed by atoms with van der Waals surface area (Å²) in [5.74, 6) is 0. The van der Waals surface area contributed by atoms with Gasteiger partial charge in [0.25, 0.3) is 0 Å². The lowest BCUT2D eigenvalue weighted by atomic mass is 10.1. The van der Waals surface area contributed by atoms with Crippen LogP contribution in [0.3, 0.4) is 0 Å². The molecule has 2 aromatic rings. The van der Waals surface area contributed by atoms with Crippen LogP contribution >= 0.6 is 0 Å². The van der Waals surface area contributed by atoms with Gasteiger partial charge in [0.2, 0.25) is 0 Å². The van der Waals surface area contributed by atoms with E-state index < -0.39 is 0 Å². The fraction of sp³-hybridized carbons (Fsp3) is 0.318. The second kappa shape index (κ2) is 8.63. The Morgan fingerprint density at radius 3 is 2.44 bits per heavy atom. The monoisotopic (exact) mass is 333 g/mol. The van der Waals surface area contributed by atoms with Gasteiger partial charge in [-0.15, -0.1) is 0 Å². The van der Waals surface area contributed by atoms with E-state index in [-0.39, 0.29) is 0 Å². The largest absolute Gasteiger partial charge is 0.295 e. The Bertz CT molecular complexity index is 726. The van der Waals surface area contributed by atoms with Crippen LogP contribution in [0, 0.1) is 13.8 Å². The summed E-state index contributed by atoms with van der Waals surface area (Å²) in [6.45, 7) is 9.50. The lowest BCUT2D eigenvalue weighted by molar-refractivity contribution is 0.131. The summed E-state index contributed by atoms with van der Waals surface area (Å²) in [6, 6.07) is 17.1. The number of aryl methyl sites for hydroxylation is 2. The lowest BCUT2D eigenvalue weighted by Crippen LogP contribution is -2.43. The van der Waals surface area contributed by atoms with E-state index in [1.54, 1.807) is 0 Å². The van der Waals surface area contributed by atoms with Crippen molar-refractivity contribution in [1.82, 2.24) is 9.91 Å². The maximum Gasteiger partial charge on any atom is 0.0488 e. The van der Waals surface area contributed by atoms with Crippen LogP contribution in [0.5, 0.6) is 0 Å². The second-order valence-corrected chi connectivity index (χ2v) is 6.69. The second-order valence-electron chi connectivity index (χ2n) is 6.69. The Morgan fingerprint density at radius 1 is 0.960 bits per heavy atom. The number of hydrogen-bond acceptors (Lipinski definition) is 3. The van der Waals surface area contributed by atoms with Crippen LogP contribution in [-0.2, 0) is 6.54 Å². The first-order valence-electron chi connectivity index (χ1n) is 9.00. The SMILES string of the molecule is Cc1ccc(CN2CCN(N=CC=Cc3ccccc3)CC2)c(C)c1. The molecule has 1 heterocycles. The maximum absolute atomic E-state index is 4.56. The molecule has 0 unspecified atom stereocenters. The average molecular weight is 333 g/mol. The molecule has 3 rings (SSSR count). The molecule has 0 aliphatic carbocycles. The van der Waals surface area contributed by atoms with Gasteiger partial charge in [-0.2, -0.15) is 5.10 Å². The molecule has 3 nitrogen and oxygen atoms in total. The molecular formula is C22H27N3. The summed E-state index contributed by atoms with van der Waals surface area (Å²) in [7, 11) is 0. The molecule has 3 heteroatoms. The van der Waals surface area contributed by atoms with E-state index in [1.807, 2.05) is 30.5 Å². The van der Waals surface area contributed by atoms with E-state index in [9.17, 15) is 0 Å². The molecule has 0 bridgehead atoms. The molecule has 0 N–H and O–H groups in total. The Balaban J connectivity index is 1.45. The number of nitrogens with zero attached hydrogens (tertiary/aromatic N) is 3. The van der Waals surface area contributed by atoms with Crippen molar-refractivity contribution in [3.63, 3.8) is 0 Å². The maximum atomic E-state index is 4.56. The Morgan fingerprint density at radius 2 is 1.72 bits per heavy atom. The van der Waals surface area contributed by atoms with Crippen molar-refractivity contribution in [3.8, 4) is 0 Å². The molecule has 0 radical (unpaired) electrons. The first kappa shape index (κ1) is 17.4. The number of piperazine rings is 1. The molecule has 1 fully saturated rings. The number of hydrazone groups is 1. The van der Waals surface area contributed by atoms with E-state index in [4.69, 9.17) is 0 Å². The van der Waals surface area contributed by atoms with Gasteiger partial charge in [0.05, 0.1) is 0 Å². The standard InChI is InChI=1S/C22H27N3/c1-19-10-11-22(20(2)17-19)18-24-13-15-25(16-14-24)23-12-6-9-21-7-4-3-5-8-21/h3-12,17H,13-16,18H2,1-2H3. The molecule has 1 saturated heterocycles. The van der Waals surface area contributed by atoms with Crippen LogP contribution in [-0.4, -0.2) is 42.3 Å². The smallest absolute Gasteiger partial charge is 0.0488 e. The summed E-state index contributed by atoms with van der Waals surface area (Å²) in [6.07, 6.45) is 5.99. The quantitative estimate of drug-likeness (QED) is 0.767. The van der Waals surface area contributed by atoms with E-state index >= 15 is 0 Å². The minimum Gasteiger partial charge on any atom is -0.295 e. The Hall–Kier alpha value is -2.39. The van der Waals surface area contributed by atoms with Crippen LogP contribution in [0.2, 0.25) is 0 Å². The van der Waals surface area contributed by atoms with Crippen LogP contribution < -0.4 is 0 Å². The fourth-order valence-electron chi connectivity index (χ4n) is 3.13. The highest BCUT2D eigenvalue weighted by atomic mass is 15.5. The summed E-state index contributed by atoms with van der Waals surface area (Å²) in [5.41, 5.74) is 5.37. The number of rotatable bonds is 5. The van der Waals surface area contributed by atoms with Gasteiger partial charge in [-0.1, -0.05) is 60.2 Å². The van der Waals surface area contributed by atoms with Gasteiger partial charge in [-0.25, -0.2) is 0 Å². The molecule has 2 aromatic carbocycles. The fourth-order valence-corrected chi connectivity index (χ4v) is 3.13. The highest BCUT2D eigenvalue weighted by Crippen LogP contribution is 2.14. The third kappa shape index (κ3) is 5.30. The highest BCUT2D eigenvalue weighted by molar-refractivity contribution is 5.77. The topological polar surface area (TPSA) is 18.8 Å². The predicted molar refractivity (Wildman–Crippen MR) is 107 cm³/mol. The van der Waals surface area contributed by atoms with Crippen molar-refractivity contribution in [2.24, 2.45) is 5.10 Å². The van der Waals surface area contributed by atoms with E-state index in [0.717, 1.165) is 32.7 Å². The van der Waals surface area contributed by atoms with Crippen molar-refractivity contribution in [1.29, 1.82) is 0 Å². The normalized spacial score (nSPS) is 16.2. The Kier molecular flexibility index (Phi) is 6.02. The van der Waals surface area contributed by atoms with Crippen LogP contribution in [0.25, 0.3) is 6.08 Å². The predicted octanol–water partition coefficient (Wildman–Crippen LogP) is 4.12. The Labute approximate surface area is 151 Å². The van der Waals surface area contributed by atoms with Gasteiger partial charge < -0.3 is 0 Å². The third-order valence-corrected chi connectivity index (χ3v) is 4.65. The minimum absolute atomic E-state index is 0.987.